The molecule has 0 aliphatic rings. The van der Waals surface area contributed by atoms with E-state index in [1.807, 2.05) is 60.2 Å². The predicted octanol–water partition coefficient (Wildman–Crippen LogP) is 4.49. The molecular weight excluding hydrogens is 370 g/mol. The SMILES string of the molecule is CCn1c(SCC(=O)Nc2ccccc2C)nnc1-c1c[nH]c2ccccc12. The second-order valence-electron chi connectivity index (χ2n) is 6.45. The van der Waals surface area contributed by atoms with Gasteiger partial charge in [-0.25, -0.2) is 0 Å². The minimum absolute atomic E-state index is 0.0569. The molecule has 0 aliphatic carbocycles. The Balaban J connectivity index is 1.52. The van der Waals surface area contributed by atoms with Gasteiger partial charge in [0.15, 0.2) is 11.0 Å². The summed E-state index contributed by atoms with van der Waals surface area (Å²) in [6.07, 6.45) is 1.96. The van der Waals surface area contributed by atoms with Gasteiger partial charge in [0.05, 0.1) is 5.75 Å². The molecule has 0 saturated carbocycles. The van der Waals surface area contributed by atoms with Crippen molar-refractivity contribution in [2.75, 3.05) is 11.1 Å². The molecule has 142 valence electrons. The predicted molar refractivity (Wildman–Crippen MR) is 114 cm³/mol. The fourth-order valence-corrected chi connectivity index (χ4v) is 3.97. The van der Waals surface area contributed by atoms with Crippen molar-refractivity contribution in [1.82, 2.24) is 19.7 Å². The first-order chi connectivity index (χ1) is 13.7. The van der Waals surface area contributed by atoms with Crippen LogP contribution < -0.4 is 5.32 Å². The van der Waals surface area contributed by atoms with E-state index >= 15 is 0 Å². The van der Waals surface area contributed by atoms with Gasteiger partial charge in [0.1, 0.15) is 0 Å². The van der Waals surface area contributed by atoms with Gasteiger partial charge in [-0.2, -0.15) is 0 Å². The van der Waals surface area contributed by atoms with Gasteiger partial charge in [-0.05, 0) is 31.5 Å². The van der Waals surface area contributed by atoms with Crippen LogP contribution >= 0.6 is 11.8 Å². The smallest absolute Gasteiger partial charge is 0.234 e. The van der Waals surface area contributed by atoms with Gasteiger partial charge in [0.25, 0.3) is 0 Å². The van der Waals surface area contributed by atoms with Crippen LogP contribution in [0.1, 0.15) is 12.5 Å². The maximum absolute atomic E-state index is 12.4. The van der Waals surface area contributed by atoms with E-state index in [9.17, 15) is 4.79 Å². The van der Waals surface area contributed by atoms with Gasteiger partial charge in [-0.1, -0.05) is 48.2 Å². The molecule has 0 spiro atoms. The number of aryl methyl sites for hydroxylation is 1. The van der Waals surface area contributed by atoms with Gasteiger partial charge < -0.3 is 14.9 Å². The standard InChI is InChI=1S/C21H21N5OS/c1-3-26-20(16-12-22-18-11-7-5-9-15(16)18)24-25-21(26)28-13-19(27)23-17-10-6-4-8-14(17)2/h4-12,22H,3,13H2,1-2H3,(H,23,27). The highest BCUT2D eigenvalue weighted by atomic mass is 32.2. The van der Waals surface area contributed by atoms with E-state index in [4.69, 9.17) is 0 Å². The maximum Gasteiger partial charge on any atom is 0.234 e. The van der Waals surface area contributed by atoms with E-state index in [0.29, 0.717) is 0 Å². The van der Waals surface area contributed by atoms with Crippen LogP contribution in [0.2, 0.25) is 0 Å². The molecule has 1 amide bonds. The average Bonchev–Trinajstić information content (AvgIpc) is 3.31. The first-order valence-electron chi connectivity index (χ1n) is 9.15. The third-order valence-electron chi connectivity index (χ3n) is 4.61. The quantitative estimate of drug-likeness (QED) is 0.475. The number of benzene rings is 2. The number of nitrogens with one attached hydrogen (secondary N) is 2. The van der Waals surface area contributed by atoms with Crippen LogP contribution in [-0.4, -0.2) is 31.4 Å². The lowest BCUT2D eigenvalue weighted by Crippen LogP contribution is -2.15. The number of anilines is 1. The number of hydrogen-bond acceptors (Lipinski definition) is 4. The van der Waals surface area contributed by atoms with E-state index in [-0.39, 0.29) is 11.7 Å². The zero-order valence-electron chi connectivity index (χ0n) is 15.8. The molecule has 0 radical (unpaired) electrons. The van der Waals surface area contributed by atoms with Crippen molar-refractivity contribution >= 4 is 34.3 Å². The second kappa shape index (κ2) is 7.90. The summed E-state index contributed by atoms with van der Waals surface area (Å²) in [7, 11) is 0. The Kier molecular flexibility index (Phi) is 5.16. The number of fused-ring (bicyclic) bond motifs is 1. The Morgan fingerprint density at radius 2 is 1.93 bits per heavy atom. The Hall–Kier alpha value is -3.06. The van der Waals surface area contributed by atoms with E-state index in [1.54, 1.807) is 0 Å². The molecule has 0 aliphatic heterocycles. The lowest BCUT2D eigenvalue weighted by Gasteiger charge is -2.09. The first-order valence-corrected chi connectivity index (χ1v) is 10.1. The Bertz CT molecular complexity index is 1130. The molecule has 2 aromatic heterocycles. The molecule has 28 heavy (non-hydrogen) atoms. The number of carbonyl (C=O) groups excluding carboxylic acids is 1. The summed E-state index contributed by atoms with van der Waals surface area (Å²) in [5.74, 6) is 1.03. The normalized spacial score (nSPS) is 11.1. The molecule has 4 aromatic rings. The first kappa shape index (κ1) is 18.3. The third kappa shape index (κ3) is 3.53. The summed E-state index contributed by atoms with van der Waals surface area (Å²) in [5, 5.41) is 13.5. The molecule has 6 nitrogen and oxygen atoms in total. The van der Waals surface area contributed by atoms with Crippen LogP contribution in [0.4, 0.5) is 5.69 Å². The van der Waals surface area contributed by atoms with Gasteiger partial charge in [0, 0.05) is 34.9 Å². The van der Waals surface area contributed by atoms with E-state index in [1.165, 1.54) is 11.8 Å². The highest BCUT2D eigenvalue weighted by molar-refractivity contribution is 7.99. The summed E-state index contributed by atoms with van der Waals surface area (Å²) in [6, 6.07) is 15.9. The molecule has 2 aromatic carbocycles. The van der Waals surface area contributed by atoms with E-state index < -0.39 is 0 Å². The van der Waals surface area contributed by atoms with Crippen molar-refractivity contribution in [3.8, 4) is 11.4 Å². The zero-order valence-corrected chi connectivity index (χ0v) is 16.6. The van der Waals surface area contributed by atoms with Crippen LogP contribution in [0.5, 0.6) is 0 Å². The Morgan fingerprint density at radius 1 is 1.14 bits per heavy atom. The second-order valence-corrected chi connectivity index (χ2v) is 7.39. The van der Waals surface area contributed by atoms with Crippen molar-refractivity contribution in [3.63, 3.8) is 0 Å². The molecule has 2 N–H and O–H groups in total. The van der Waals surface area contributed by atoms with Crippen LogP contribution in [0, 0.1) is 6.92 Å². The molecule has 7 heteroatoms. The molecule has 0 fully saturated rings. The summed E-state index contributed by atoms with van der Waals surface area (Å²) >= 11 is 1.40. The molecule has 0 unspecified atom stereocenters. The van der Waals surface area contributed by atoms with Crippen LogP contribution in [0.3, 0.4) is 0 Å². The summed E-state index contributed by atoms with van der Waals surface area (Å²) in [4.78, 5) is 15.6. The number of hydrogen-bond donors (Lipinski definition) is 2. The van der Waals surface area contributed by atoms with Crippen LogP contribution in [-0.2, 0) is 11.3 Å². The molecule has 4 rings (SSSR count). The minimum atomic E-state index is -0.0569. The summed E-state index contributed by atoms with van der Waals surface area (Å²) in [6.45, 7) is 4.76. The fraction of sp³-hybridized carbons (Fsp3) is 0.190. The van der Waals surface area contributed by atoms with Gasteiger partial charge in [0.2, 0.25) is 5.91 Å². The van der Waals surface area contributed by atoms with Crippen molar-refractivity contribution in [3.05, 3.63) is 60.3 Å². The van der Waals surface area contributed by atoms with Crippen molar-refractivity contribution < 1.29 is 4.79 Å². The van der Waals surface area contributed by atoms with E-state index in [0.717, 1.165) is 45.2 Å². The highest BCUT2D eigenvalue weighted by Gasteiger charge is 2.17. The van der Waals surface area contributed by atoms with Crippen LogP contribution in [0.15, 0.2) is 59.9 Å². The largest absolute Gasteiger partial charge is 0.360 e. The number of amides is 1. The average molecular weight is 392 g/mol. The fourth-order valence-electron chi connectivity index (χ4n) is 3.17. The number of rotatable bonds is 6. The van der Waals surface area contributed by atoms with Crippen LogP contribution in [0.25, 0.3) is 22.3 Å². The van der Waals surface area contributed by atoms with Gasteiger partial charge in [-0.15, -0.1) is 10.2 Å². The zero-order chi connectivity index (χ0) is 19.5. The number of carbonyl (C=O) groups is 1. The number of aromatic nitrogens is 4. The monoisotopic (exact) mass is 391 g/mol. The molecule has 0 atom stereocenters. The highest BCUT2D eigenvalue weighted by Crippen LogP contribution is 2.30. The third-order valence-corrected chi connectivity index (χ3v) is 5.58. The Labute approximate surface area is 167 Å². The number of H-pyrrole nitrogens is 1. The van der Waals surface area contributed by atoms with Crippen molar-refractivity contribution in [2.24, 2.45) is 0 Å². The van der Waals surface area contributed by atoms with Crippen molar-refractivity contribution in [1.29, 1.82) is 0 Å². The maximum atomic E-state index is 12.4. The van der Waals surface area contributed by atoms with Gasteiger partial charge >= 0.3 is 0 Å². The molecule has 0 bridgehead atoms. The number of nitrogens with zero attached hydrogens (tertiary/aromatic N) is 3. The number of thioether (sulfide) groups is 1. The Morgan fingerprint density at radius 3 is 2.75 bits per heavy atom. The lowest BCUT2D eigenvalue weighted by molar-refractivity contribution is -0.113. The molecular formula is C21H21N5OS. The number of aromatic amines is 1. The van der Waals surface area contributed by atoms with E-state index in [2.05, 4.69) is 33.5 Å². The van der Waals surface area contributed by atoms with Gasteiger partial charge in [-0.3, -0.25) is 4.79 Å². The summed E-state index contributed by atoms with van der Waals surface area (Å²) < 4.78 is 2.04. The lowest BCUT2D eigenvalue weighted by atomic mass is 10.1. The minimum Gasteiger partial charge on any atom is -0.360 e. The summed E-state index contributed by atoms with van der Waals surface area (Å²) in [5.41, 5.74) is 3.96. The van der Waals surface area contributed by atoms with Crippen molar-refractivity contribution in [2.45, 2.75) is 25.5 Å². The molecule has 0 saturated heterocycles. The molecule has 2 heterocycles. The topological polar surface area (TPSA) is 75.6 Å². The number of para-hydroxylation sites is 2.